The third-order valence-electron chi connectivity index (χ3n) is 5.37. The van der Waals surface area contributed by atoms with E-state index in [0.29, 0.717) is 28.8 Å². The number of halogens is 2. The van der Waals surface area contributed by atoms with Crippen LogP contribution in [-0.4, -0.2) is 42.5 Å². The van der Waals surface area contributed by atoms with Gasteiger partial charge in [0.25, 0.3) is 5.91 Å². The predicted octanol–water partition coefficient (Wildman–Crippen LogP) is 4.00. The highest BCUT2D eigenvalue weighted by Gasteiger charge is 2.25. The molecule has 0 radical (unpaired) electrons. The van der Waals surface area contributed by atoms with Crippen molar-refractivity contribution in [1.82, 2.24) is 15.0 Å². The van der Waals surface area contributed by atoms with Gasteiger partial charge >= 0.3 is 0 Å². The number of aromatic nitrogens is 2. The lowest BCUT2D eigenvalue weighted by Gasteiger charge is -2.16. The minimum absolute atomic E-state index is 0.00434. The quantitative estimate of drug-likeness (QED) is 0.436. The van der Waals surface area contributed by atoms with Crippen LogP contribution in [0.2, 0.25) is 5.02 Å². The van der Waals surface area contributed by atoms with Gasteiger partial charge in [0.2, 0.25) is 0 Å². The van der Waals surface area contributed by atoms with E-state index < -0.39 is 21.6 Å². The molecular formula is C22H24ClFN4O4S. The third-order valence-corrected chi connectivity index (χ3v) is 6.61. The second kappa shape index (κ2) is 9.28. The van der Waals surface area contributed by atoms with Crippen LogP contribution in [0.4, 0.5) is 15.8 Å². The summed E-state index contributed by atoms with van der Waals surface area (Å²) in [5.74, 6) is -1.12. The number of fused-ring (bicyclic) bond motifs is 1. The van der Waals surface area contributed by atoms with E-state index in [-0.39, 0.29) is 29.1 Å². The van der Waals surface area contributed by atoms with Crippen molar-refractivity contribution in [2.24, 2.45) is 5.92 Å². The van der Waals surface area contributed by atoms with Crippen LogP contribution in [0.5, 0.6) is 0 Å². The Kier molecular flexibility index (Phi) is 6.60. The molecule has 176 valence electrons. The van der Waals surface area contributed by atoms with E-state index in [2.05, 4.69) is 15.8 Å². The molecule has 3 aromatic rings. The highest BCUT2D eigenvalue weighted by Crippen LogP contribution is 2.34. The van der Waals surface area contributed by atoms with Gasteiger partial charge in [0.15, 0.2) is 5.82 Å². The summed E-state index contributed by atoms with van der Waals surface area (Å²) >= 11 is 6.31. The number of imidazole rings is 1. The summed E-state index contributed by atoms with van der Waals surface area (Å²) in [6.45, 7) is 2.33. The number of hydrogen-bond donors (Lipinski definition) is 2. The molecule has 1 saturated carbocycles. The fraction of sp³-hybridized carbons (Fsp3) is 0.364. The van der Waals surface area contributed by atoms with Crippen molar-refractivity contribution in [2.75, 3.05) is 23.9 Å². The van der Waals surface area contributed by atoms with Gasteiger partial charge < -0.3 is 9.88 Å². The van der Waals surface area contributed by atoms with Gasteiger partial charge in [-0.15, -0.1) is 0 Å². The number of rotatable bonds is 9. The number of aryl methyl sites for hydroxylation is 2. The maximum absolute atomic E-state index is 15.6. The van der Waals surface area contributed by atoms with Crippen molar-refractivity contribution in [3.63, 3.8) is 0 Å². The van der Waals surface area contributed by atoms with E-state index in [1.54, 1.807) is 12.1 Å². The van der Waals surface area contributed by atoms with Gasteiger partial charge in [-0.3, -0.25) is 9.63 Å². The average molecular weight is 495 g/mol. The summed E-state index contributed by atoms with van der Waals surface area (Å²) in [4.78, 5) is 22.3. The number of amides is 1. The van der Waals surface area contributed by atoms with Gasteiger partial charge in [0.1, 0.15) is 15.4 Å². The molecule has 1 aliphatic carbocycles. The molecule has 2 aromatic carbocycles. The number of nitrogens with one attached hydrogen (secondary N) is 2. The van der Waals surface area contributed by atoms with E-state index >= 15 is 4.39 Å². The Balaban J connectivity index is 1.74. The monoisotopic (exact) mass is 494 g/mol. The van der Waals surface area contributed by atoms with Gasteiger partial charge in [-0.2, -0.15) is 0 Å². The predicted molar refractivity (Wildman–Crippen MR) is 125 cm³/mol. The molecule has 4 rings (SSSR count). The summed E-state index contributed by atoms with van der Waals surface area (Å²) in [5, 5.41) is 3.28. The molecule has 0 atom stereocenters. The summed E-state index contributed by atoms with van der Waals surface area (Å²) in [6, 6.07) is 6.69. The Labute approximate surface area is 196 Å². The largest absolute Gasteiger partial charge is 0.351 e. The van der Waals surface area contributed by atoms with Crippen LogP contribution in [0.1, 0.15) is 28.8 Å². The summed E-state index contributed by atoms with van der Waals surface area (Å²) in [5.41, 5.74) is 3.90. The lowest BCUT2D eigenvalue weighted by Crippen LogP contribution is -2.26. The Hall–Kier alpha value is -2.69. The number of nitrogens with zero attached hydrogens (tertiary/aromatic N) is 2. The molecule has 0 bridgehead atoms. The molecule has 1 heterocycles. The number of carbonyl (C=O) groups excluding carboxylic acids is 1. The average Bonchev–Trinajstić information content (AvgIpc) is 3.47. The molecular weight excluding hydrogens is 471 g/mol. The Morgan fingerprint density at radius 3 is 2.76 bits per heavy atom. The minimum Gasteiger partial charge on any atom is -0.351 e. The van der Waals surface area contributed by atoms with Crippen molar-refractivity contribution in [3.05, 3.63) is 52.6 Å². The van der Waals surface area contributed by atoms with Crippen LogP contribution >= 0.6 is 11.6 Å². The lowest BCUT2D eigenvalue weighted by atomic mass is 10.1. The van der Waals surface area contributed by atoms with Crippen LogP contribution in [-0.2, 0) is 21.2 Å². The number of benzene rings is 2. The zero-order valence-corrected chi connectivity index (χ0v) is 19.8. The van der Waals surface area contributed by atoms with E-state index in [1.807, 2.05) is 13.0 Å². The highest BCUT2D eigenvalue weighted by atomic mass is 35.5. The highest BCUT2D eigenvalue weighted by molar-refractivity contribution is 7.90. The number of sulfone groups is 1. The first-order chi connectivity index (χ1) is 15.6. The molecule has 2 N–H and O–H groups in total. The normalized spacial score (nSPS) is 13.9. The number of hydrogen-bond acceptors (Lipinski definition) is 6. The minimum atomic E-state index is -3.25. The number of hydroxylamine groups is 1. The van der Waals surface area contributed by atoms with Crippen LogP contribution < -0.4 is 10.8 Å². The Morgan fingerprint density at radius 1 is 1.33 bits per heavy atom. The standard InChI is InChI=1S/C22H24ClFN4O4S/c1-13-3-6-17(16(23)9-13)26-20-15(22(29)27-32-11-14-4-5-14)10-18-21(19(20)24)25-12-28(18)7-8-33(2,30)31/h3,6,9-10,12,14,26H,4-5,7-8,11H2,1-2H3,(H,27,29). The number of anilines is 2. The lowest BCUT2D eigenvalue weighted by molar-refractivity contribution is 0.0271. The van der Waals surface area contributed by atoms with Gasteiger partial charge in [-0.25, -0.2) is 23.3 Å². The van der Waals surface area contributed by atoms with Gasteiger partial charge in [0, 0.05) is 12.8 Å². The first-order valence-electron chi connectivity index (χ1n) is 10.4. The van der Waals surface area contributed by atoms with E-state index in [0.717, 1.165) is 24.7 Å². The van der Waals surface area contributed by atoms with Crippen LogP contribution in [0.25, 0.3) is 11.0 Å². The van der Waals surface area contributed by atoms with Crippen LogP contribution in [0.15, 0.2) is 30.6 Å². The number of carbonyl (C=O) groups is 1. The summed E-state index contributed by atoms with van der Waals surface area (Å²) in [6.07, 6.45) is 4.58. The van der Waals surface area contributed by atoms with E-state index in [4.69, 9.17) is 16.4 Å². The van der Waals surface area contributed by atoms with Crippen LogP contribution in [0, 0.1) is 18.7 Å². The molecule has 8 nitrogen and oxygen atoms in total. The maximum atomic E-state index is 15.6. The Morgan fingerprint density at radius 2 is 2.09 bits per heavy atom. The molecule has 1 fully saturated rings. The van der Waals surface area contributed by atoms with Crippen LogP contribution in [0.3, 0.4) is 0 Å². The molecule has 33 heavy (non-hydrogen) atoms. The van der Waals surface area contributed by atoms with Crippen molar-refractivity contribution < 1.29 is 22.4 Å². The first kappa shape index (κ1) is 23.5. The summed E-state index contributed by atoms with van der Waals surface area (Å²) in [7, 11) is -3.25. The first-order valence-corrected chi connectivity index (χ1v) is 12.9. The molecule has 1 aliphatic rings. The molecule has 11 heteroatoms. The van der Waals surface area contributed by atoms with E-state index in [9.17, 15) is 13.2 Å². The van der Waals surface area contributed by atoms with Gasteiger partial charge in [0.05, 0.1) is 46.2 Å². The third kappa shape index (κ3) is 5.63. The molecule has 0 saturated heterocycles. The maximum Gasteiger partial charge on any atom is 0.277 e. The fourth-order valence-corrected chi connectivity index (χ4v) is 4.13. The molecule has 0 spiro atoms. The van der Waals surface area contributed by atoms with Crippen molar-refractivity contribution in [3.8, 4) is 0 Å². The molecule has 1 aromatic heterocycles. The van der Waals surface area contributed by atoms with Crippen molar-refractivity contribution >= 4 is 49.8 Å². The smallest absolute Gasteiger partial charge is 0.277 e. The SMILES string of the molecule is Cc1ccc(Nc2c(C(=O)NOCC3CC3)cc3c(ncn3CCS(C)(=O)=O)c2F)c(Cl)c1. The fourth-order valence-electron chi connectivity index (χ4n) is 3.32. The Bertz CT molecular complexity index is 1320. The molecule has 0 aliphatic heterocycles. The van der Waals surface area contributed by atoms with E-state index in [1.165, 1.54) is 17.0 Å². The van der Waals surface area contributed by atoms with Crippen molar-refractivity contribution in [1.29, 1.82) is 0 Å². The molecule has 0 unspecified atom stereocenters. The van der Waals surface area contributed by atoms with Gasteiger partial charge in [-0.1, -0.05) is 17.7 Å². The molecule has 1 amide bonds. The van der Waals surface area contributed by atoms with Gasteiger partial charge in [-0.05, 0) is 49.4 Å². The second-order valence-corrected chi connectivity index (χ2v) is 11.0. The second-order valence-electron chi connectivity index (χ2n) is 8.34. The zero-order chi connectivity index (χ0) is 23.8. The topological polar surface area (TPSA) is 102 Å². The summed E-state index contributed by atoms with van der Waals surface area (Å²) < 4.78 is 40.3. The van der Waals surface area contributed by atoms with Crippen molar-refractivity contribution in [2.45, 2.75) is 26.3 Å². The zero-order valence-electron chi connectivity index (χ0n) is 18.2.